The first-order chi connectivity index (χ1) is 8.01. The molecule has 94 valence electrons. The van der Waals surface area contributed by atoms with E-state index in [9.17, 15) is 5.11 Å². The molecule has 0 bridgehead atoms. The third-order valence-corrected chi connectivity index (χ3v) is 3.37. The van der Waals surface area contributed by atoms with Crippen LogP contribution in [-0.2, 0) is 4.74 Å². The summed E-state index contributed by atoms with van der Waals surface area (Å²) in [7, 11) is 0. The van der Waals surface area contributed by atoms with Gasteiger partial charge in [0.2, 0.25) is 0 Å². The predicted octanol–water partition coefficient (Wildman–Crippen LogP) is 1.27. The van der Waals surface area contributed by atoms with Crippen molar-refractivity contribution in [3.8, 4) is 0 Å². The van der Waals surface area contributed by atoms with E-state index in [-0.39, 0.29) is 6.10 Å². The van der Waals surface area contributed by atoms with Gasteiger partial charge in [-0.1, -0.05) is 11.6 Å². The molecule has 5 nitrogen and oxygen atoms in total. The molecule has 17 heavy (non-hydrogen) atoms. The molecule has 1 aromatic heterocycles. The van der Waals surface area contributed by atoms with E-state index in [2.05, 4.69) is 10.3 Å². The summed E-state index contributed by atoms with van der Waals surface area (Å²) < 4.78 is 5.34. The van der Waals surface area contributed by atoms with Crippen LogP contribution in [0.2, 0.25) is 5.02 Å². The van der Waals surface area contributed by atoms with Crippen molar-refractivity contribution in [2.45, 2.75) is 25.0 Å². The molecule has 2 atom stereocenters. The molecule has 0 aromatic carbocycles. The van der Waals surface area contributed by atoms with Crippen LogP contribution < -0.4 is 11.1 Å². The fourth-order valence-electron chi connectivity index (χ4n) is 1.82. The van der Waals surface area contributed by atoms with E-state index < -0.39 is 5.60 Å². The van der Waals surface area contributed by atoms with E-state index in [0.29, 0.717) is 36.1 Å². The second-order valence-electron chi connectivity index (χ2n) is 4.32. The normalized spacial score (nSPS) is 28.3. The van der Waals surface area contributed by atoms with Gasteiger partial charge in [-0.3, -0.25) is 0 Å². The van der Waals surface area contributed by atoms with Crippen molar-refractivity contribution in [3.63, 3.8) is 0 Å². The van der Waals surface area contributed by atoms with Crippen LogP contribution in [0.1, 0.15) is 13.3 Å². The molecular formula is C11H16ClN3O2. The van der Waals surface area contributed by atoms with Gasteiger partial charge in [-0.2, -0.15) is 0 Å². The number of aliphatic hydroxyl groups is 1. The molecule has 1 fully saturated rings. The number of aromatic nitrogens is 1. The lowest BCUT2D eigenvalue weighted by Crippen LogP contribution is -2.43. The molecule has 1 aromatic rings. The summed E-state index contributed by atoms with van der Waals surface area (Å²) in [5.74, 6) is 0.522. The Balaban J connectivity index is 2.02. The molecule has 1 aliphatic heterocycles. The molecule has 0 radical (unpaired) electrons. The summed E-state index contributed by atoms with van der Waals surface area (Å²) in [5.41, 5.74) is 5.19. The van der Waals surface area contributed by atoms with E-state index in [1.54, 1.807) is 6.07 Å². The topological polar surface area (TPSA) is 80.4 Å². The summed E-state index contributed by atoms with van der Waals surface area (Å²) >= 11 is 5.98. The lowest BCUT2D eigenvalue weighted by molar-refractivity contribution is -0.0176. The molecule has 2 rings (SSSR count). The van der Waals surface area contributed by atoms with Crippen molar-refractivity contribution in [1.82, 2.24) is 4.98 Å². The Labute approximate surface area is 105 Å². The van der Waals surface area contributed by atoms with Gasteiger partial charge < -0.3 is 20.9 Å². The maximum atomic E-state index is 10.3. The molecule has 2 heterocycles. The highest BCUT2D eigenvalue weighted by Crippen LogP contribution is 2.27. The van der Waals surface area contributed by atoms with Crippen molar-refractivity contribution in [2.75, 3.05) is 24.2 Å². The first kappa shape index (κ1) is 12.4. The zero-order chi connectivity index (χ0) is 12.5. The molecule has 2 unspecified atom stereocenters. The number of nitrogens with zero attached hydrogens (tertiary/aromatic N) is 1. The van der Waals surface area contributed by atoms with E-state index in [1.165, 1.54) is 6.20 Å². The summed E-state index contributed by atoms with van der Waals surface area (Å²) in [6.07, 6.45) is 1.93. The van der Waals surface area contributed by atoms with Gasteiger partial charge in [-0.25, -0.2) is 4.98 Å². The SMILES string of the molecule is CC1OCCC1(O)CNc1ncc(N)cc1Cl. The maximum Gasteiger partial charge on any atom is 0.145 e. The third kappa shape index (κ3) is 2.62. The summed E-state index contributed by atoms with van der Waals surface area (Å²) in [5, 5.41) is 13.8. The molecule has 1 aliphatic rings. The summed E-state index contributed by atoms with van der Waals surface area (Å²) in [6, 6.07) is 1.62. The number of nitrogens with two attached hydrogens (primary N) is 1. The Kier molecular flexibility index (Phi) is 3.42. The number of nitrogen functional groups attached to an aromatic ring is 1. The number of hydrogen-bond donors (Lipinski definition) is 3. The lowest BCUT2D eigenvalue weighted by Gasteiger charge is -2.26. The Morgan fingerprint density at radius 2 is 2.53 bits per heavy atom. The molecule has 1 saturated heterocycles. The van der Waals surface area contributed by atoms with Crippen molar-refractivity contribution < 1.29 is 9.84 Å². The first-order valence-electron chi connectivity index (χ1n) is 5.50. The number of ether oxygens (including phenoxy) is 1. The Hall–Kier alpha value is -1.04. The van der Waals surface area contributed by atoms with E-state index in [4.69, 9.17) is 22.1 Å². The van der Waals surface area contributed by atoms with Crippen molar-refractivity contribution >= 4 is 23.1 Å². The van der Waals surface area contributed by atoms with Crippen LogP contribution in [0.3, 0.4) is 0 Å². The van der Waals surface area contributed by atoms with Gasteiger partial charge in [-0.15, -0.1) is 0 Å². The summed E-state index contributed by atoms with van der Waals surface area (Å²) in [4.78, 5) is 4.07. The molecule has 0 aliphatic carbocycles. The minimum absolute atomic E-state index is 0.192. The van der Waals surface area contributed by atoms with Gasteiger partial charge in [0.15, 0.2) is 0 Å². The standard InChI is InChI=1S/C11H16ClN3O2/c1-7-11(16,2-3-17-7)6-15-10-9(12)4-8(13)5-14-10/h4-5,7,16H,2-3,6,13H2,1H3,(H,14,15). The fraction of sp³-hybridized carbons (Fsp3) is 0.545. The first-order valence-corrected chi connectivity index (χ1v) is 5.88. The highest BCUT2D eigenvalue weighted by Gasteiger charge is 2.39. The van der Waals surface area contributed by atoms with Gasteiger partial charge in [0.25, 0.3) is 0 Å². The van der Waals surface area contributed by atoms with Gasteiger partial charge in [0.1, 0.15) is 11.4 Å². The highest BCUT2D eigenvalue weighted by atomic mass is 35.5. The maximum absolute atomic E-state index is 10.3. The minimum atomic E-state index is -0.869. The zero-order valence-corrected chi connectivity index (χ0v) is 10.4. The lowest BCUT2D eigenvalue weighted by atomic mass is 9.97. The summed E-state index contributed by atoms with van der Waals surface area (Å²) in [6.45, 7) is 2.78. The fourth-order valence-corrected chi connectivity index (χ4v) is 2.06. The minimum Gasteiger partial charge on any atom is -0.397 e. The third-order valence-electron chi connectivity index (χ3n) is 3.08. The largest absolute Gasteiger partial charge is 0.397 e. The monoisotopic (exact) mass is 257 g/mol. The highest BCUT2D eigenvalue weighted by molar-refractivity contribution is 6.33. The van der Waals surface area contributed by atoms with Gasteiger partial charge >= 0.3 is 0 Å². The molecule has 0 amide bonds. The molecule has 0 saturated carbocycles. The second kappa shape index (κ2) is 4.68. The number of rotatable bonds is 3. The van der Waals surface area contributed by atoms with Crippen molar-refractivity contribution in [1.29, 1.82) is 0 Å². The predicted molar refractivity (Wildman–Crippen MR) is 67.1 cm³/mol. The van der Waals surface area contributed by atoms with E-state index in [1.807, 2.05) is 6.92 Å². The van der Waals surface area contributed by atoms with Gasteiger partial charge in [0, 0.05) is 19.6 Å². The van der Waals surface area contributed by atoms with Crippen molar-refractivity contribution in [3.05, 3.63) is 17.3 Å². The Bertz CT molecular complexity index is 416. The van der Waals surface area contributed by atoms with E-state index in [0.717, 1.165) is 0 Å². The molecule has 4 N–H and O–H groups in total. The molecule has 6 heteroatoms. The number of halogens is 1. The number of nitrogens with one attached hydrogen (secondary N) is 1. The van der Waals surface area contributed by atoms with Crippen LogP contribution in [0.5, 0.6) is 0 Å². The average Bonchev–Trinajstić information content (AvgIpc) is 2.59. The van der Waals surface area contributed by atoms with Crippen LogP contribution in [0.25, 0.3) is 0 Å². The van der Waals surface area contributed by atoms with Crippen molar-refractivity contribution in [2.24, 2.45) is 0 Å². The number of pyridine rings is 1. The smallest absolute Gasteiger partial charge is 0.145 e. The molecular weight excluding hydrogens is 242 g/mol. The van der Waals surface area contributed by atoms with Crippen LogP contribution in [-0.4, -0.2) is 34.9 Å². The van der Waals surface area contributed by atoms with E-state index >= 15 is 0 Å². The van der Waals surface area contributed by atoms with Gasteiger partial charge in [-0.05, 0) is 13.0 Å². The van der Waals surface area contributed by atoms with Crippen LogP contribution in [0, 0.1) is 0 Å². The second-order valence-corrected chi connectivity index (χ2v) is 4.73. The average molecular weight is 258 g/mol. The Morgan fingerprint density at radius 3 is 3.12 bits per heavy atom. The Morgan fingerprint density at radius 1 is 1.76 bits per heavy atom. The van der Waals surface area contributed by atoms with Crippen LogP contribution in [0.15, 0.2) is 12.3 Å². The molecule has 0 spiro atoms. The van der Waals surface area contributed by atoms with Crippen LogP contribution in [0.4, 0.5) is 11.5 Å². The zero-order valence-electron chi connectivity index (χ0n) is 9.61. The number of hydrogen-bond acceptors (Lipinski definition) is 5. The number of anilines is 2. The van der Waals surface area contributed by atoms with Crippen LogP contribution >= 0.6 is 11.6 Å². The van der Waals surface area contributed by atoms with Gasteiger partial charge in [0.05, 0.1) is 23.0 Å². The quantitative estimate of drug-likeness (QED) is 0.760.